The molecule has 5 heteroatoms. The Bertz CT molecular complexity index is 860. The summed E-state index contributed by atoms with van der Waals surface area (Å²) in [4.78, 5) is 18.8. The highest BCUT2D eigenvalue weighted by atomic mass is 35.5. The highest BCUT2D eigenvalue weighted by Gasteiger charge is 2.09. The highest BCUT2D eigenvalue weighted by molar-refractivity contribution is 7.17. The third-order valence-electron chi connectivity index (χ3n) is 3.16. The molecule has 0 amide bonds. The number of hydrogen-bond acceptors (Lipinski definition) is 3. The normalized spacial score (nSPS) is 11.6. The summed E-state index contributed by atoms with van der Waals surface area (Å²) in [5, 5.41) is 0.561. The minimum absolute atomic E-state index is 0.0706. The monoisotopic (exact) mass is 316 g/mol. The van der Waals surface area contributed by atoms with Crippen molar-refractivity contribution in [2.45, 2.75) is 13.8 Å². The Balaban J connectivity index is 1.94. The van der Waals surface area contributed by atoms with Crippen LogP contribution in [0.5, 0.6) is 0 Å². The Hall–Kier alpha value is -1.91. The molecule has 21 heavy (non-hydrogen) atoms. The summed E-state index contributed by atoms with van der Waals surface area (Å²) < 4.78 is 2.01. The second kappa shape index (κ2) is 5.47. The number of benzene rings is 1. The summed E-state index contributed by atoms with van der Waals surface area (Å²) in [6, 6.07) is 6.95. The van der Waals surface area contributed by atoms with Gasteiger partial charge in [-0.1, -0.05) is 23.7 Å². The van der Waals surface area contributed by atoms with Gasteiger partial charge in [0.1, 0.15) is 0 Å². The molecule has 3 aromatic rings. The van der Waals surface area contributed by atoms with Crippen LogP contribution in [0, 0.1) is 13.8 Å². The second-order valence-electron chi connectivity index (χ2n) is 4.78. The number of imidazole rings is 1. The van der Waals surface area contributed by atoms with Gasteiger partial charge in [0.25, 0.3) is 0 Å². The minimum Gasteiger partial charge on any atom is -0.290 e. The van der Waals surface area contributed by atoms with E-state index in [1.807, 2.05) is 30.5 Å². The molecule has 0 N–H and O–H groups in total. The molecule has 0 spiro atoms. The molecule has 2 heterocycles. The van der Waals surface area contributed by atoms with Crippen LogP contribution in [0.25, 0.3) is 11.0 Å². The van der Waals surface area contributed by atoms with Crippen LogP contribution < -0.4 is 0 Å². The van der Waals surface area contributed by atoms with Gasteiger partial charge in [-0.05, 0) is 38.1 Å². The van der Waals surface area contributed by atoms with E-state index in [4.69, 9.17) is 11.6 Å². The van der Waals surface area contributed by atoms with Crippen molar-refractivity contribution in [3.8, 4) is 0 Å². The second-order valence-corrected chi connectivity index (χ2v) is 6.43. The molecule has 0 aliphatic carbocycles. The van der Waals surface area contributed by atoms with Crippen LogP contribution in [0.15, 0.2) is 36.5 Å². The Morgan fingerprint density at radius 3 is 2.95 bits per heavy atom. The number of allylic oxidation sites excluding steroid dienone is 1. The van der Waals surface area contributed by atoms with Crippen LogP contribution in [0.4, 0.5) is 0 Å². The number of carbonyl (C=O) groups is 1. The maximum absolute atomic E-state index is 12.2. The topological polar surface area (TPSA) is 34.4 Å². The van der Waals surface area contributed by atoms with Gasteiger partial charge in [0, 0.05) is 21.7 Å². The molecule has 3 rings (SSSR count). The maximum atomic E-state index is 12.2. The van der Waals surface area contributed by atoms with Gasteiger partial charge in [-0.2, -0.15) is 0 Å². The number of ketones is 1. The fourth-order valence-corrected chi connectivity index (χ4v) is 3.24. The molecule has 0 atom stereocenters. The predicted octanol–water partition coefficient (Wildman–Crippen LogP) is 4.56. The van der Waals surface area contributed by atoms with Crippen molar-refractivity contribution in [3.05, 3.63) is 63.4 Å². The molecule has 0 radical (unpaired) electrons. The molecular weight excluding hydrogens is 304 g/mol. The zero-order valence-corrected chi connectivity index (χ0v) is 13.2. The van der Waals surface area contributed by atoms with Gasteiger partial charge in [-0.15, -0.1) is 11.3 Å². The summed E-state index contributed by atoms with van der Waals surface area (Å²) in [6.07, 6.45) is 5.41. The molecule has 0 aliphatic heterocycles. The van der Waals surface area contributed by atoms with Gasteiger partial charge in [-0.25, -0.2) is 4.98 Å². The van der Waals surface area contributed by atoms with Gasteiger partial charge in [0.05, 0.1) is 11.4 Å². The van der Waals surface area contributed by atoms with E-state index in [0.29, 0.717) is 10.6 Å². The molecular formula is C16H13ClN2OS. The molecule has 2 aromatic heterocycles. The lowest BCUT2D eigenvalue weighted by Gasteiger charge is -1.97. The Morgan fingerprint density at radius 2 is 2.19 bits per heavy atom. The zero-order valence-electron chi connectivity index (χ0n) is 11.6. The van der Waals surface area contributed by atoms with Crippen molar-refractivity contribution in [1.29, 1.82) is 0 Å². The highest BCUT2D eigenvalue weighted by Crippen LogP contribution is 2.21. The molecule has 0 saturated heterocycles. The predicted molar refractivity (Wildman–Crippen MR) is 87.4 cm³/mol. The number of aryl methyl sites for hydroxylation is 2. The van der Waals surface area contributed by atoms with Crippen molar-refractivity contribution in [3.63, 3.8) is 0 Å². The van der Waals surface area contributed by atoms with E-state index in [-0.39, 0.29) is 5.78 Å². The average Bonchev–Trinajstić information content (AvgIpc) is 2.91. The lowest BCUT2D eigenvalue weighted by molar-refractivity contribution is 0.104. The van der Waals surface area contributed by atoms with Crippen molar-refractivity contribution in [2.24, 2.45) is 0 Å². The smallest absolute Gasteiger partial charge is 0.194 e. The number of hydrogen-bond donors (Lipinski definition) is 0. The van der Waals surface area contributed by atoms with E-state index in [2.05, 4.69) is 4.98 Å². The van der Waals surface area contributed by atoms with E-state index in [1.54, 1.807) is 41.7 Å². The number of carbonyl (C=O) groups excluding carboxylic acids is 1. The van der Waals surface area contributed by atoms with Gasteiger partial charge in [0.2, 0.25) is 0 Å². The number of fused-ring (bicyclic) bond motifs is 1. The van der Waals surface area contributed by atoms with E-state index in [1.165, 1.54) is 4.88 Å². The number of rotatable bonds is 3. The zero-order chi connectivity index (χ0) is 15.0. The fraction of sp³-hybridized carbons (Fsp3) is 0.125. The fourth-order valence-electron chi connectivity index (χ4n) is 2.17. The van der Waals surface area contributed by atoms with Gasteiger partial charge >= 0.3 is 0 Å². The molecule has 0 bridgehead atoms. The van der Waals surface area contributed by atoms with E-state index >= 15 is 0 Å². The van der Waals surface area contributed by atoms with E-state index in [0.717, 1.165) is 16.3 Å². The van der Waals surface area contributed by atoms with Crippen molar-refractivity contribution < 1.29 is 4.79 Å². The van der Waals surface area contributed by atoms with Crippen molar-refractivity contribution in [2.75, 3.05) is 0 Å². The van der Waals surface area contributed by atoms with E-state index < -0.39 is 0 Å². The summed E-state index contributed by atoms with van der Waals surface area (Å²) in [6.45, 7) is 3.98. The SMILES string of the molecule is Cc1cn2c(/C=C/C(=O)c3cccc(Cl)c3)c(C)nc2s1. The van der Waals surface area contributed by atoms with Gasteiger partial charge in [-0.3, -0.25) is 9.20 Å². The third kappa shape index (κ3) is 2.77. The summed E-state index contributed by atoms with van der Waals surface area (Å²) in [5.41, 5.74) is 2.43. The van der Waals surface area contributed by atoms with Crippen LogP contribution in [0.1, 0.15) is 26.6 Å². The average molecular weight is 317 g/mol. The maximum Gasteiger partial charge on any atom is 0.194 e. The number of aromatic nitrogens is 2. The first kappa shape index (κ1) is 14.0. The summed E-state index contributed by atoms with van der Waals surface area (Å²) >= 11 is 7.54. The van der Waals surface area contributed by atoms with Crippen LogP contribution >= 0.6 is 22.9 Å². The number of thiazole rings is 1. The Morgan fingerprint density at radius 1 is 1.38 bits per heavy atom. The first-order valence-corrected chi connectivity index (χ1v) is 7.67. The van der Waals surface area contributed by atoms with Crippen molar-refractivity contribution >= 4 is 39.8 Å². The van der Waals surface area contributed by atoms with Gasteiger partial charge in [0.15, 0.2) is 10.7 Å². The number of halogens is 1. The molecule has 3 nitrogen and oxygen atoms in total. The summed E-state index contributed by atoms with van der Waals surface area (Å²) in [7, 11) is 0. The first-order chi connectivity index (χ1) is 10.0. The van der Waals surface area contributed by atoms with Crippen LogP contribution in [0.3, 0.4) is 0 Å². The lowest BCUT2D eigenvalue weighted by atomic mass is 10.1. The molecule has 0 fully saturated rings. The third-order valence-corrected chi connectivity index (χ3v) is 4.30. The number of nitrogens with zero attached hydrogens (tertiary/aromatic N) is 2. The van der Waals surface area contributed by atoms with E-state index in [9.17, 15) is 4.79 Å². The van der Waals surface area contributed by atoms with Crippen LogP contribution in [-0.2, 0) is 0 Å². The molecule has 0 unspecified atom stereocenters. The van der Waals surface area contributed by atoms with Crippen LogP contribution in [-0.4, -0.2) is 15.2 Å². The first-order valence-electron chi connectivity index (χ1n) is 6.47. The Kier molecular flexibility index (Phi) is 3.66. The molecule has 106 valence electrons. The summed E-state index contributed by atoms with van der Waals surface area (Å²) in [5.74, 6) is -0.0706. The van der Waals surface area contributed by atoms with Gasteiger partial charge < -0.3 is 0 Å². The standard InChI is InChI=1S/C16H13ClN2OS/c1-10-9-19-14(11(2)18-16(19)21-10)6-7-15(20)12-4-3-5-13(17)8-12/h3-9H,1-2H3/b7-6+. The largest absolute Gasteiger partial charge is 0.290 e. The van der Waals surface area contributed by atoms with Crippen LogP contribution in [0.2, 0.25) is 5.02 Å². The molecule has 0 aliphatic rings. The Labute approximate surface area is 131 Å². The van der Waals surface area contributed by atoms with Crippen molar-refractivity contribution in [1.82, 2.24) is 9.38 Å². The molecule has 1 aromatic carbocycles. The quantitative estimate of drug-likeness (QED) is 0.524. The lowest BCUT2D eigenvalue weighted by Crippen LogP contribution is -1.94. The minimum atomic E-state index is -0.0706. The molecule has 0 saturated carbocycles.